The van der Waals surface area contributed by atoms with Crippen LogP contribution < -0.4 is 11.0 Å². The lowest BCUT2D eigenvalue weighted by Crippen LogP contribution is -2.28. The molecule has 6 nitrogen and oxygen atoms in total. The van der Waals surface area contributed by atoms with Crippen molar-refractivity contribution >= 4 is 22.9 Å². The molecule has 1 amide bonds. The molecule has 0 aliphatic rings. The Balaban J connectivity index is 1.75. The fourth-order valence-electron chi connectivity index (χ4n) is 3.05. The van der Waals surface area contributed by atoms with Gasteiger partial charge in [-0.2, -0.15) is 14.9 Å². The van der Waals surface area contributed by atoms with E-state index < -0.39 is 5.91 Å². The highest BCUT2D eigenvalue weighted by atomic mass is 16.2. The van der Waals surface area contributed by atoms with Gasteiger partial charge in [0.25, 0.3) is 11.5 Å². The Kier molecular flexibility index (Phi) is 4.99. The molecule has 6 heteroatoms. The normalized spacial score (nSPS) is 11.1. The van der Waals surface area contributed by atoms with Crippen LogP contribution in [-0.2, 0) is 0 Å². The van der Waals surface area contributed by atoms with Crippen LogP contribution in [0, 0.1) is 6.92 Å². The molecule has 4 aromatic rings. The van der Waals surface area contributed by atoms with Crippen molar-refractivity contribution in [2.24, 2.45) is 5.10 Å². The number of carbonyl (C=O) groups is 1. The van der Waals surface area contributed by atoms with Crippen molar-refractivity contribution in [1.82, 2.24) is 15.2 Å². The third-order valence-corrected chi connectivity index (χ3v) is 4.58. The number of amides is 1. The van der Waals surface area contributed by atoms with Crippen molar-refractivity contribution in [3.63, 3.8) is 0 Å². The van der Waals surface area contributed by atoms with E-state index in [1.54, 1.807) is 42.6 Å². The van der Waals surface area contributed by atoms with E-state index >= 15 is 0 Å². The summed E-state index contributed by atoms with van der Waals surface area (Å²) in [5.41, 5.74) is 4.90. The molecule has 1 heterocycles. The first kappa shape index (κ1) is 18.3. The molecule has 0 saturated heterocycles. The molecular formula is C23H18N4O2. The average Bonchev–Trinajstić information content (AvgIpc) is 2.76. The van der Waals surface area contributed by atoms with Crippen molar-refractivity contribution in [3.05, 3.63) is 106 Å². The summed E-state index contributed by atoms with van der Waals surface area (Å²) in [6, 6.07) is 23.6. The van der Waals surface area contributed by atoms with Crippen LogP contribution in [0.1, 0.15) is 21.6 Å². The second-order valence-electron chi connectivity index (χ2n) is 6.50. The second-order valence-corrected chi connectivity index (χ2v) is 6.50. The van der Waals surface area contributed by atoms with E-state index in [-0.39, 0.29) is 11.3 Å². The Hall–Kier alpha value is -4.06. The fraction of sp³-hybridized carbons (Fsp3) is 0.0435. The number of benzene rings is 3. The molecule has 0 atom stereocenters. The van der Waals surface area contributed by atoms with E-state index in [0.717, 1.165) is 11.1 Å². The molecule has 1 aromatic heterocycles. The molecule has 0 unspecified atom stereocenters. The number of nitrogens with zero attached hydrogens (tertiary/aromatic N) is 3. The first-order valence-electron chi connectivity index (χ1n) is 9.11. The van der Waals surface area contributed by atoms with E-state index in [4.69, 9.17) is 0 Å². The summed E-state index contributed by atoms with van der Waals surface area (Å²) < 4.78 is 1.24. The minimum Gasteiger partial charge on any atom is -0.267 e. The Morgan fingerprint density at radius 1 is 0.931 bits per heavy atom. The summed E-state index contributed by atoms with van der Waals surface area (Å²) >= 11 is 0. The molecule has 0 aliphatic carbocycles. The molecule has 0 radical (unpaired) electrons. The Labute approximate surface area is 167 Å². The van der Waals surface area contributed by atoms with E-state index in [1.165, 1.54) is 4.68 Å². The number of para-hydroxylation sites is 1. The van der Waals surface area contributed by atoms with Crippen LogP contribution in [0.2, 0.25) is 0 Å². The summed E-state index contributed by atoms with van der Waals surface area (Å²) in [6.45, 7) is 1.97. The zero-order valence-corrected chi connectivity index (χ0v) is 15.7. The topological polar surface area (TPSA) is 76.3 Å². The first-order valence-corrected chi connectivity index (χ1v) is 9.11. The molecule has 3 aromatic carbocycles. The molecule has 29 heavy (non-hydrogen) atoms. The van der Waals surface area contributed by atoms with E-state index in [1.807, 2.05) is 49.4 Å². The van der Waals surface area contributed by atoms with Gasteiger partial charge in [0.1, 0.15) is 0 Å². The number of aryl methyl sites for hydroxylation is 1. The highest BCUT2D eigenvalue weighted by molar-refractivity contribution is 6.05. The van der Waals surface area contributed by atoms with Gasteiger partial charge in [-0.15, -0.1) is 0 Å². The highest BCUT2D eigenvalue weighted by Crippen LogP contribution is 2.15. The Bertz CT molecular complexity index is 1280. The highest BCUT2D eigenvalue weighted by Gasteiger charge is 2.17. The maximum absolute atomic E-state index is 12.9. The summed E-state index contributed by atoms with van der Waals surface area (Å²) in [5, 5.41) is 9.29. The molecular weight excluding hydrogens is 364 g/mol. The van der Waals surface area contributed by atoms with E-state index in [2.05, 4.69) is 15.6 Å². The van der Waals surface area contributed by atoms with Crippen LogP contribution in [0.3, 0.4) is 0 Å². The summed E-state index contributed by atoms with van der Waals surface area (Å²) in [6.07, 6.45) is 1.59. The van der Waals surface area contributed by atoms with E-state index in [9.17, 15) is 9.59 Å². The van der Waals surface area contributed by atoms with E-state index in [0.29, 0.717) is 16.5 Å². The summed E-state index contributed by atoms with van der Waals surface area (Å²) in [5.74, 6) is -0.490. The monoisotopic (exact) mass is 382 g/mol. The van der Waals surface area contributed by atoms with Crippen LogP contribution in [0.15, 0.2) is 88.8 Å². The van der Waals surface area contributed by atoms with Gasteiger partial charge in [0.05, 0.1) is 17.3 Å². The second kappa shape index (κ2) is 7.90. The van der Waals surface area contributed by atoms with Gasteiger partial charge >= 0.3 is 0 Å². The van der Waals surface area contributed by atoms with Crippen LogP contribution >= 0.6 is 0 Å². The van der Waals surface area contributed by atoms with Gasteiger partial charge < -0.3 is 0 Å². The van der Waals surface area contributed by atoms with Crippen LogP contribution in [0.25, 0.3) is 16.5 Å². The van der Waals surface area contributed by atoms with Gasteiger partial charge in [0.15, 0.2) is 5.69 Å². The van der Waals surface area contributed by atoms with Crippen LogP contribution in [0.4, 0.5) is 0 Å². The third kappa shape index (κ3) is 3.68. The molecule has 0 saturated carbocycles. The number of hydrazone groups is 1. The number of rotatable bonds is 4. The van der Waals surface area contributed by atoms with Gasteiger partial charge in [-0.05, 0) is 36.2 Å². The Morgan fingerprint density at radius 2 is 1.59 bits per heavy atom. The molecule has 142 valence electrons. The lowest BCUT2D eigenvalue weighted by atomic mass is 10.1. The number of carbonyl (C=O) groups excluding carboxylic acids is 1. The van der Waals surface area contributed by atoms with Crippen LogP contribution in [-0.4, -0.2) is 21.9 Å². The van der Waals surface area contributed by atoms with Crippen LogP contribution in [0.5, 0.6) is 0 Å². The molecule has 0 bridgehead atoms. The predicted octanol–water partition coefficient (Wildman–Crippen LogP) is 3.46. The fourth-order valence-corrected chi connectivity index (χ4v) is 3.05. The average molecular weight is 382 g/mol. The quantitative estimate of drug-likeness (QED) is 0.434. The minimum atomic E-state index is -0.490. The minimum absolute atomic E-state index is 0.131. The molecule has 1 N–H and O–H groups in total. The number of hydrogen-bond donors (Lipinski definition) is 1. The first-order chi connectivity index (χ1) is 14.1. The standard InChI is InChI=1S/C23H18N4O2/c1-16-9-5-6-10-17(16)15-24-25-22(28)21-19-13-7-8-14-20(19)23(29)27(26-21)18-11-3-2-4-12-18/h2-15H,1H3,(H,25,28)/b24-15-. The number of fused-ring (bicyclic) bond motifs is 1. The smallest absolute Gasteiger partial charge is 0.267 e. The zero-order valence-electron chi connectivity index (χ0n) is 15.7. The molecule has 0 aliphatic heterocycles. The van der Waals surface area contributed by atoms with Gasteiger partial charge in [-0.3, -0.25) is 9.59 Å². The van der Waals surface area contributed by atoms with Gasteiger partial charge in [-0.1, -0.05) is 60.7 Å². The largest absolute Gasteiger partial charge is 0.292 e. The molecule has 4 rings (SSSR count). The SMILES string of the molecule is Cc1ccccc1/C=N\NC(=O)c1nn(-c2ccccc2)c(=O)c2ccccc12. The zero-order chi connectivity index (χ0) is 20.2. The van der Waals surface area contributed by atoms with Crippen molar-refractivity contribution in [1.29, 1.82) is 0 Å². The Morgan fingerprint density at radius 3 is 2.34 bits per heavy atom. The van der Waals surface area contributed by atoms with Crippen molar-refractivity contribution < 1.29 is 4.79 Å². The maximum atomic E-state index is 12.9. The van der Waals surface area contributed by atoms with Crippen molar-refractivity contribution in [2.45, 2.75) is 6.92 Å². The number of hydrogen-bond acceptors (Lipinski definition) is 4. The van der Waals surface area contributed by atoms with Gasteiger partial charge in [0, 0.05) is 5.39 Å². The number of aromatic nitrogens is 2. The lowest BCUT2D eigenvalue weighted by molar-refractivity contribution is 0.0950. The number of nitrogens with one attached hydrogen (secondary N) is 1. The van der Waals surface area contributed by atoms with Crippen molar-refractivity contribution in [2.75, 3.05) is 0 Å². The maximum Gasteiger partial charge on any atom is 0.292 e. The molecule has 0 fully saturated rings. The van der Waals surface area contributed by atoms with Gasteiger partial charge in [-0.25, -0.2) is 5.43 Å². The van der Waals surface area contributed by atoms with Crippen molar-refractivity contribution in [3.8, 4) is 5.69 Å². The third-order valence-electron chi connectivity index (χ3n) is 4.58. The lowest BCUT2D eigenvalue weighted by Gasteiger charge is -2.10. The predicted molar refractivity (Wildman–Crippen MR) is 114 cm³/mol. The van der Waals surface area contributed by atoms with Gasteiger partial charge in [0.2, 0.25) is 0 Å². The summed E-state index contributed by atoms with van der Waals surface area (Å²) in [7, 11) is 0. The summed E-state index contributed by atoms with van der Waals surface area (Å²) in [4.78, 5) is 25.7. The molecule has 0 spiro atoms.